The topological polar surface area (TPSA) is 148 Å². The molecule has 0 saturated carbocycles. The molecule has 10 heteroatoms. The molecule has 6 rings (SSSR count). The molecule has 10 nitrogen and oxygen atoms in total. The molecule has 0 heterocycles. The van der Waals surface area contributed by atoms with Gasteiger partial charge in [0.15, 0.2) is 0 Å². The molecule has 6 aromatic carbocycles. The van der Waals surface area contributed by atoms with E-state index in [9.17, 15) is 19.2 Å². The van der Waals surface area contributed by atoms with E-state index in [0.29, 0.717) is 37.1 Å². The first-order valence-electron chi connectivity index (χ1n) is 22.6. The molecule has 0 unspecified atom stereocenters. The molecule has 6 aromatic rings. The lowest BCUT2D eigenvalue weighted by Gasteiger charge is -2.20. The summed E-state index contributed by atoms with van der Waals surface area (Å²) in [4.78, 5) is 49.1. The van der Waals surface area contributed by atoms with E-state index in [-0.39, 0.29) is 35.5 Å². The van der Waals surface area contributed by atoms with Crippen molar-refractivity contribution in [1.82, 2.24) is 21.2 Å². The standard InChI is InChI=1S/C28H32N2O3.C27H30N2O3/c1-30(21-11-3-2-10-16-26(31)29-33)28(32)25-19-17-24(18-20-25)27(22-12-6-4-7-13-22)23-14-8-5-9-15-23;30-25(29-32)15-9-1-2-10-20-28-27(31)24-18-16-23(17-19-24)26(21-11-5-3-6-12-21)22-13-7-4-8-14-22/h4-9,12-15,17-20,27,33H,2-3,10-11,16,21H2,1H3,(H,29,31);3-8,11-14,16-19,26,32H,1-2,9-10,15,20H2,(H,28,31)(H,29,30). The van der Waals surface area contributed by atoms with Gasteiger partial charge in [0.2, 0.25) is 11.8 Å². The van der Waals surface area contributed by atoms with E-state index >= 15 is 0 Å². The largest absolute Gasteiger partial charge is 0.352 e. The lowest BCUT2D eigenvalue weighted by atomic mass is 9.85. The summed E-state index contributed by atoms with van der Waals surface area (Å²) >= 11 is 0. The lowest BCUT2D eigenvalue weighted by molar-refractivity contribution is -0.130. The highest BCUT2D eigenvalue weighted by Gasteiger charge is 2.19. The number of nitrogens with zero attached hydrogens (tertiary/aromatic N) is 1. The Kier molecular flexibility index (Phi) is 20.7. The average molecular weight is 875 g/mol. The number of amides is 4. The molecule has 0 bridgehead atoms. The molecule has 0 aliphatic rings. The molecule has 0 fully saturated rings. The third kappa shape index (κ3) is 16.0. The highest BCUT2D eigenvalue weighted by molar-refractivity contribution is 5.94. The van der Waals surface area contributed by atoms with Gasteiger partial charge in [-0.2, -0.15) is 0 Å². The van der Waals surface area contributed by atoms with Crippen molar-refractivity contribution in [3.63, 3.8) is 0 Å². The van der Waals surface area contributed by atoms with Gasteiger partial charge in [-0.1, -0.05) is 171 Å². The molecule has 65 heavy (non-hydrogen) atoms. The van der Waals surface area contributed by atoms with Crippen LogP contribution >= 0.6 is 0 Å². The van der Waals surface area contributed by atoms with Crippen LogP contribution in [-0.4, -0.2) is 59.1 Å². The number of hydrogen-bond acceptors (Lipinski definition) is 6. The Balaban J connectivity index is 0.000000244. The minimum Gasteiger partial charge on any atom is -0.352 e. The summed E-state index contributed by atoms with van der Waals surface area (Å²) in [7, 11) is 1.83. The molecular formula is C55H62N4O6. The van der Waals surface area contributed by atoms with Crippen molar-refractivity contribution in [2.24, 2.45) is 0 Å². The van der Waals surface area contributed by atoms with Crippen LogP contribution in [0, 0.1) is 0 Å². The molecule has 0 saturated heterocycles. The molecule has 4 amide bonds. The summed E-state index contributed by atoms with van der Waals surface area (Å²) in [6.45, 7) is 1.27. The Bertz CT molecular complexity index is 2230. The van der Waals surface area contributed by atoms with Crippen LogP contribution in [0.1, 0.15) is 130 Å². The number of hydrogen-bond donors (Lipinski definition) is 5. The third-order valence-corrected chi connectivity index (χ3v) is 11.4. The minimum atomic E-state index is -0.358. The van der Waals surface area contributed by atoms with Crippen LogP contribution in [0.25, 0.3) is 0 Å². The van der Waals surface area contributed by atoms with E-state index in [2.05, 4.69) is 115 Å². The van der Waals surface area contributed by atoms with Crippen molar-refractivity contribution in [1.29, 1.82) is 0 Å². The molecule has 0 radical (unpaired) electrons. The lowest BCUT2D eigenvalue weighted by Crippen LogP contribution is -2.27. The van der Waals surface area contributed by atoms with Gasteiger partial charge < -0.3 is 10.2 Å². The van der Waals surface area contributed by atoms with Gasteiger partial charge in [0.1, 0.15) is 0 Å². The second kappa shape index (κ2) is 27.3. The maximum atomic E-state index is 12.9. The van der Waals surface area contributed by atoms with Gasteiger partial charge >= 0.3 is 0 Å². The highest BCUT2D eigenvalue weighted by Crippen LogP contribution is 2.33. The normalized spacial score (nSPS) is 10.7. The van der Waals surface area contributed by atoms with Gasteiger partial charge in [-0.3, -0.25) is 29.6 Å². The second-order valence-corrected chi connectivity index (χ2v) is 16.1. The zero-order chi connectivity index (χ0) is 46.1. The van der Waals surface area contributed by atoms with E-state index < -0.39 is 0 Å². The Morgan fingerprint density at radius 3 is 1.15 bits per heavy atom. The number of rotatable bonds is 22. The van der Waals surface area contributed by atoms with Crippen molar-refractivity contribution in [2.75, 3.05) is 20.1 Å². The molecule has 0 aliphatic carbocycles. The van der Waals surface area contributed by atoms with E-state index in [4.69, 9.17) is 10.4 Å². The fraction of sp³-hybridized carbons (Fsp3) is 0.273. The summed E-state index contributed by atoms with van der Waals surface area (Å²) in [5.41, 5.74) is 11.8. The van der Waals surface area contributed by atoms with Crippen molar-refractivity contribution in [3.8, 4) is 0 Å². The molecule has 338 valence electrons. The summed E-state index contributed by atoms with van der Waals surface area (Å²) < 4.78 is 0. The van der Waals surface area contributed by atoms with E-state index in [1.54, 1.807) is 15.9 Å². The average Bonchev–Trinajstić information content (AvgIpc) is 3.36. The monoisotopic (exact) mass is 874 g/mol. The highest BCUT2D eigenvalue weighted by atomic mass is 16.5. The maximum absolute atomic E-state index is 12.9. The first-order chi connectivity index (χ1) is 31.8. The van der Waals surface area contributed by atoms with Crippen LogP contribution < -0.4 is 16.3 Å². The quantitative estimate of drug-likeness (QED) is 0.0199. The number of unbranched alkanes of at least 4 members (excludes halogenated alkanes) is 6. The molecular weight excluding hydrogens is 813 g/mol. The van der Waals surface area contributed by atoms with Gasteiger partial charge in [0, 0.05) is 55.9 Å². The van der Waals surface area contributed by atoms with Gasteiger partial charge in [0.05, 0.1) is 0 Å². The van der Waals surface area contributed by atoms with Crippen LogP contribution in [-0.2, 0) is 9.59 Å². The summed E-state index contributed by atoms with van der Waals surface area (Å²) in [5, 5.41) is 19.9. The molecule has 0 atom stereocenters. The number of nitrogens with one attached hydrogen (secondary N) is 3. The van der Waals surface area contributed by atoms with Crippen molar-refractivity contribution >= 4 is 23.6 Å². The van der Waals surface area contributed by atoms with Crippen molar-refractivity contribution in [3.05, 3.63) is 214 Å². The van der Waals surface area contributed by atoms with Crippen LogP contribution in [0.4, 0.5) is 0 Å². The van der Waals surface area contributed by atoms with Crippen molar-refractivity contribution < 1.29 is 29.6 Å². The number of benzene rings is 6. The summed E-state index contributed by atoms with van der Waals surface area (Å²) in [6, 6.07) is 57.4. The van der Waals surface area contributed by atoms with E-state index in [1.165, 1.54) is 22.3 Å². The molecule has 0 aliphatic heterocycles. The molecule has 5 N–H and O–H groups in total. The second-order valence-electron chi connectivity index (χ2n) is 16.1. The van der Waals surface area contributed by atoms with Gasteiger partial charge in [-0.15, -0.1) is 0 Å². The molecule has 0 spiro atoms. The van der Waals surface area contributed by atoms with Crippen LogP contribution in [0.15, 0.2) is 170 Å². The van der Waals surface area contributed by atoms with E-state index in [0.717, 1.165) is 62.5 Å². The summed E-state index contributed by atoms with van der Waals surface area (Å²) in [5.74, 6) is -0.551. The third-order valence-electron chi connectivity index (χ3n) is 11.4. The number of carbonyl (C=O) groups excluding carboxylic acids is 4. The zero-order valence-corrected chi connectivity index (χ0v) is 37.3. The first-order valence-corrected chi connectivity index (χ1v) is 22.6. The number of carbonyl (C=O) groups is 4. The Hall–Kier alpha value is -6.88. The van der Waals surface area contributed by atoms with E-state index in [1.807, 2.05) is 67.7 Å². The predicted molar refractivity (Wildman–Crippen MR) is 256 cm³/mol. The fourth-order valence-electron chi connectivity index (χ4n) is 7.87. The Morgan fingerprint density at radius 2 is 0.769 bits per heavy atom. The SMILES string of the molecule is CN(CCCCCCC(=O)NO)C(=O)c1ccc(C(c2ccccc2)c2ccccc2)cc1.O=C(CCCCCCNC(=O)c1ccc(C(c2ccccc2)c2ccccc2)cc1)NO. The predicted octanol–water partition coefficient (Wildman–Crippen LogP) is 10.4. The summed E-state index contributed by atoms with van der Waals surface area (Å²) in [6.07, 6.45) is 7.48. The van der Waals surface area contributed by atoms with Crippen LogP contribution in [0.5, 0.6) is 0 Å². The Labute approximate surface area is 383 Å². The van der Waals surface area contributed by atoms with Gasteiger partial charge in [-0.25, -0.2) is 11.0 Å². The minimum absolute atomic E-state index is 0.0113. The van der Waals surface area contributed by atoms with Crippen molar-refractivity contribution in [2.45, 2.75) is 76.0 Å². The first kappa shape index (κ1) is 49.1. The van der Waals surface area contributed by atoms with Crippen LogP contribution in [0.3, 0.4) is 0 Å². The smallest absolute Gasteiger partial charge is 0.253 e. The zero-order valence-electron chi connectivity index (χ0n) is 37.3. The van der Waals surface area contributed by atoms with Gasteiger partial charge in [-0.05, 0) is 83.3 Å². The maximum Gasteiger partial charge on any atom is 0.253 e. The van der Waals surface area contributed by atoms with Gasteiger partial charge in [0.25, 0.3) is 11.8 Å². The van der Waals surface area contributed by atoms with Crippen LogP contribution in [0.2, 0.25) is 0 Å². The molecule has 0 aromatic heterocycles. The fourth-order valence-corrected chi connectivity index (χ4v) is 7.87. The Morgan fingerprint density at radius 1 is 0.431 bits per heavy atom. The number of hydroxylamine groups is 2.